The van der Waals surface area contributed by atoms with Gasteiger partial charge in [-0.25, -0.2) is 4.98 Å². The van der Waals surface area contributed by atoms with E-state index in [9.17, 15) is 4.79 Å². The van der Waals surface area contributed by atoms with Crippen molar-refractivity contribution in [3.63, 3.8) is 0 Å². The number of carbonyl (C=O) groups excluding carboxylic acids is 1. The zero-order valence-corrected chi connectivity index (χ0v) is 13.2. The van der Waals surface area contributed by atoms with Crippen LogP contribution in [-0.4, -0.2) is 46.4 Å². The highest BCUT2D eigenvalue weighted by molar-refractivity contribution is 7.09. The van der Waals surface area contributed by atoms with E-state index >= 15 is 0 Å². The van der Waals surface area contributed by atoms with Crippen LogP contribution in [0.5, 0.6) is 0 Å². The number of aromatic nitrogens is 1. The molecule has 1 amide bonds. The third-order valence-electron chi connectivity index (χ3n) is 4.74. The average Bonchev–Trinajstić information content (AvgIpc) is 3.28. The van der Waals surface area contributed by atoms with E-state index in [1.165, 1.54) is 12.8 Å². The first-order valence-corrected chi connectivity index (χ1v) is 8.64. The Hall–Kier alpha value is -1.66. The second kappa shape index (κ2) is 5.85. The van der Waals surface area contributed by atoms with Crippen LogP contribution in [0.15, 0.2) is 34.4 Å². The van der Waals surface area contributed by atoms with E-state index in [1.807, 2.05) is 16.5 Å². The van der Waals surface area contributed by atoms with Gasteiger partial charge < -0.3 is 9.32 Å². The molecular weight excluding hydrogens is 298 g/mol. The molecule has 2 aliphatic heterocycles. The molecule has 2 aromatic heterocycles. The number of furan rings is 1. The van der Waals surface area contributed by atoms with Crippen molar-refractivity contribution >= 4 is 17.2 Å². The van der Waals surface area contributed by atoms with Crippen LogP contribution in [0.2, 0.25) is 0 Å². The van der Waals surface area contributed by atoms with Crippen molar-refractivity contribution in [1.82, 2.24) is 14.8 Å². The molecule has 2 atom stereocenters. The Morgan fingerprint density at radius 2 is 2.41 bits per heavy atom. The van der Waals surface area contributed by atoms with Crippen molar-refractivity contribution in [3.05, 3.63) is 40.7 Å². The highest BCUT2D eigenvalue weighted by Crippen LogP contribution is 2.32. The smallest absolute Gasteiger partial charge is 0.289 e. The number of nitrogens with zero attached hydrogens (tertiary/aromatic N) is 3. The first-order chi connectivity index (χ1) is 10.8. The van der Waals surface area contributed by atoms with Crippen LogP contribution in [0.4, 0.5) is 0 Å². The van der Waals surface area contributed by atoms with E-state index in [0.717, 1.165) is 31.2 Å². The Bertz CT molecular complexity index is 626. The summed E-state index contributed by atoms with van der Waals surface area (Å²) in [4.78, 5) is 21.3. The third-order valence-corrected chi connectivity index (χ3v) is 5.50. The molecule has 116 valence electrons. The third kappa shape index (κ3) is 2.57. The average molecular weight is 317 g/mol. The van der Waals surface area contributed by atoms with Crippen LogP contribution in [0.1, 0.15) is 28.4 Å². The van der Waals surface area contributed by atoms with Crippen LogP contribution in [0.3, 0.4) is 0 Å². The molecule has 0 bridgehead atoms. The molecule has 4 heterocycles. The molecular formula is C16H19N3O2S. The number of hydrogen-bond acceptors (Lipinski definition) is 5. The first kappa shape index (κ1) is 14.0. The lowest BCUT2D eigenvalue weighted by molar-refractivity contribution is 0.0743. The minimum absolute atomic E-state index is 0.0219. The van der Waals surface area contributed by atoms with Crippen molar-refractivity contribution in [3.8, 4) is 0 Å². The summed E-state index contributed by atoms with van der Waals surface area (Å²) in [5.41, 5.74) is 0. The standard InChI is InChI=1S/C16H19N3O2S/c20-16(14-4-2-7-21-14)19-9-12-3-1-6-18(13(12)10-19)11-15-17-5-8-22-15/h2,4-5,7-8,12-13H,1,3,6,9-11H2/t12-,13+/m1/s1. The Labute approximate surface area is 133 Å². The zero-order valence-electron chi connectivity index (χ0n) is 12.4. The lowest BCUT2D eigenvalue weighted by Crippen LogP contribution is -2.44. The van der Waals surface area contributed by atoms with Gasteiger partial charge in [-0.15, -0.1) is 11.3 Å². The number of piperidine rings is 1. The van der Waals surface area contributed by atoms with Gasteiger partial charge in [0.25, 0.3) is 5.91 Å². The fourth-order valence-electron chi connectivity index (χ4n) is 3.70. The Morgan fingerprint density at radius 1 is 1.45 bits per heavy atom. The maximum absolute atomic E-state index is 12.5. The molecule has 0 aliphatic carbocycles. The Morgan fingerprint density at radius 3 is 3.18 bits per heavy atom. The van der Waals surface area contributed by atoms with Gasteiger partial charge in [0.1, 0.15) is 5.01 Å². The highest BCUT2D eigenvalue weighted by atomic mass is 32.1. The van der Waals surface area contributed by atoms with E-state index in [4.69, 9.17) is 4.42 Å². The Balaban J connectivity index is 1.47. The largest absolute Gasteiger partial charge is 0.459 e. The number of likely N-dealkylation sites (tertiary alicyclic amines) is 2. The number of amides is 1. The normalized spacial score (nSPS) is 25.4. The molecule has 6 heteroatoms. The number of fused-ring (bicyclic) bond motifs is 1. The zero-order chi connectivity index (χ0) is 14.9. The minimum Gasteiger partial charge on any atom is -0.459 e. The lowest BCUT2D eigenvalue weighted by Gasteiger charge is -2.36. The summed E-state index contributed by atoms with van der Waals surface area (Å²) in [6, 6.07) is 3.97. The van der Waals surface area contributed by atoms with Gasteiger partial charge in [0.2, 0.25) is 0 Å². The molecule has 4 rings (SSSR count). The fourth-order valence-corrected chi connectivity index (χ4v) is 4.34. The second-order valence-corrected chi connectivity index (χ2v) is 7.03. The molecule has 2 aromatic rings. The summed E-state index contributed by atoms with van der Waals surface area (Å²) in [6.07, 6.45) is 5.84. The molecule has 0 saturated carbocycles. The number of rotatable bonds is 3. The number of hydrogen-bond donors (Lipinski definition) is 0. The molecule has 2 aliphatic rings. The molecule has 0 spiro atoms. The number of carbonyl (C=O) groups is 1. The van der Waals surface area contributed by atoms with Crippen LogP contribution < -0.4 is 0 Å². The van der Waals surface area contributed by atoms with Crippen LogP contribution >= 0.6 is 11.3 Å². The van der Waals surface area contributed by atoms with Crippen molar-refractivity contribution in [2.75, 3.05) is 19.6 Å². The van der Waals surface area contributed by atoms with Crippen molar-refractivity contribution < 1.29 is 9.21 Å². The molecule has 2 fully saturated rings. The molecule has 0 N–H and O–H groups in total. The van der Waals surface area contributed by atoms with Gasteiger partial charge >= 0.3 is 0 Å². The maximum atomic E-state index is 12.5. The molecule has 5 nitrogen and oxygen atoms in total. The van der Waals surface area contributed by atoms with Gasteiger partial charge in [0.15, 0.2) is 5.76 Å². The van der Waals surface area contributed by atoms with Crippen LogP contribution in [0, 0.1) is 5.92 Å². The summed E-state index contributed by atoms with van der Waals surface area (Å²) in [5, 5.41) is 3.19. The van der Waals surface area contributed by atoms with Gasteiger partial charge in [-0.2, -0.15) is 0 Å². The van der Waals surface area contributed by atoms with Crippen LogP contribution in [-0.2, 0) is 6.54 Å². The van der Waals surface area contributed by atoms with Gasteiger partial charge in [0, 0.05) is 30.7 Å². The summed E-state index contributed by atoms with van der Waals surface area (Å²) >= 11 is 1.71. The minimum atomic E-state index is 0.0219. The SMILES string of the molecule is O=C(c1ccco1)N1C[C@H]2CCCN(Cc3nccs3)[C@H]2C1. The Kier molecular flexibility index (Phi) is 3.72. The second-order valence-electron chi connectivity index (χ2n) is 6.05. The van der Waals surface area contributed by atoms with Gasteiger partial charge in [0.05, 0.1) is 12.8 Å². The molecule has 22 heavy (non-hydrogen) atoms. The summed E-state index contributed by atoms with van der Waals surface area (Å²) in [5.74, 6) is 1.05. The van der Waals surface area contributed by atoms with Gasteiger partial charge in [-0.1, -0.05) is 0 Å². The summed E-state index contributed by atoms with van der Waals surface area (Å²) in [7, 11) is 0. The van der Waals surface area contributed by atoms with Crippen molar-refractivity contribution in [2.24, 2.45) is 5.92 Å². The van der Waals surface area contributed by atoms with Crippen molar-refractivity contribution in [1.29, 1.82) is 0 Å². The van der Waals surface area contributed by atoms with Crippen LogP contribution in [0.25, 0.3) is 0 Å². The van der Waals surface area contributed by atoms with E-state index in [0.29, 0.717) is 17.7 Å². The van der Waals surface area contributed by atoms with Gasteiger partial charge in [-0.05, 0) is 37.4 Å². The van der Waals surface area contributed by atoms with E-state index in [-0.39, 0.29) is 5.91 Å². The highest BCUT2D eigenvalue weighted by Gasteiger charge is 2.41. The van der Waals surface area contributed by atoms with E-state index < -0.39 is 0 Å². The molecule has 0 unspecified atom stereocenters. The molecule has 0 radical (unpaired) electrons. The first-order valence-electron chi connectivity index (χ1n) is 7.76. The maximum Gasteiger partial charge on any atom is 0.289 e. The molecule has 0 aromatic carbocycles. The monoisotopic (exact) mass is 317 g/mol. The predicted octanol–water partition coefficient (Wildman–Crippen LogP) is 2.47. The van der Waals surface area contributed by atoms with E-state index in [1.54, 1.807) is 29.7 Å². The summed E-state index contributed by atoms with van der Waals surface area (Å²) < 4.78 is 5.26. The van der Waals surface area contributed by atoms with E-state index in [2.05, 4.69) is 9.88 Å². The topological polar surface area (TPSA) is 49.6 Å². The fraction of sp³-hybridized carbons (Fsp3) is 0.500. The number of thiazole rings is 1. The lowest BCUT2D eigenvalue weighted by atomic mass is 9.92. The quantitative estimate of drug-likeness (QED) is 0.872. The van der Waals surface area contributed by atoms with Crippen molar-refractivity contribution in [2.45, 2.75) is 25.4 Å². The predicted molar refractivity (Wildman–Crippen MR) is 83.6 cm³/mol. The van der Waals surface area contributed by atoms with Gasteiger partial charge in [-0.3, -0.25) is 9.69 Å². The summed E-state index contributed by atoms with van der Waals surface area (Å²) in [6.45, 7) is 3.65. The molecule has 2 saturated heterocycles.